The average molecular weight is 313 g/mol. The van der Waals surface area contributed by atoms with Crippen molar-refractivity contribution in [2.24, 2.45) is 0 Å². The Balaban J connectivity index is 1.77. The Labute approximate surface area is 135 Å². The molecule has 0 spiro atoms. The third kappa shape index (κ3) is 5.07. The van der Waals surface area contributed by atoms with Crippen molar-refractivity contribution in [2.75, 3.05) is 13.7 Å². The molecule has 0 aliphatic rings. The number of ether oxygens (including phenoxy) is 2. The first-order valence-electron chi connectivity index (χ1n) is 7.17. The zero-order valence-corrected chi connectivity index (χ0v) is 12.9. The zero-order valence-electron chi connectivity index (χ0n) is 12.9. The molecule has 2 rings (SSSR count). The molecule has 0 unspecified atom stereocenters. The fraction of sp³-hybridized carbons (Fsp3) is 0.167. The predicted molar refractivity (Wildman–Crippen MR) is 88.3 cm³/mol. The highest BCUT2D eigenvalue weighted by Crippen LogP contribution is 2.29. The quantitative estimate of drug-likeness (QED) is 0.858. The van der Waals surface area contributed by atoms with E-state index in [0.29, 0.717) is 17.9 Å². The van der Waals surface area contributed by atoms with Gasteiger partial charge in [-0.2, -0.15) is 0 Å². The summed E-state index contributed by atoms with van der Waals surface area (Å²) in [6.45, 7) is 0.525. The first kappa shape index (κ1) is 16.4. The SMILES string of the molecule is COc1cccc(C=CCNC(=O)OCc2ccccc2)c1O. The first-order valence-corrected chi connectivity index (χ1v) is 7.17. The van der Waals surface area contributed by atoms with Crippen molar-refractivity contribution < 1.29 is 19.4 Å². The van der Waals surface area contributed by atoms with Crippen molar-refractivity contribution in [3.05, 3.63) is 65.7 Å². The van der Waals surface area contributed by atoms with E-state index in [4.69, 9.17) is 9.47 Å². The molecule has 0 saturated heterocycles. The maximum absolute atomic E-state index is 11.6. The smallest absolute Gasteiger partial charge is 0.407 e. The van der Waals surface area contributed by atoms with E-state index in [9.17, 15) is 9.90 Å². The number of aromatic hydroxyl groups is 1. The Bertz CT molecular complexity index is 668. The molecule has 5 nitrogen and oxygen atoms in total. The summed E-state index contributed by atoms with van der Waals surface area (Å²) >= 11 is 0. The number of alkyl carbamates (subject to hydrolysis) is 1. The number of carbonyl (C=O) groups is 1. The second-order valence-corrected chi connectivity index (χ2v) is 4.74. The molecule has 0 radical (unpaired) electrons. The normalized spacial score (nSPS) is 10.5. The van der Waals surface area contributed by atoms with Gasteiger partial charge in [0.25, 0.3) is 0 Å². The third-order valence-corrected chi connectivity index (χ3v) is 3.12. The third-order valence-electron chi connectivity index (χ3n) is 3.12. The lowest BCUT2D eigenvalue weighted by Gasteiger charge is -2.06. The van der Waals surface area contributed by atoms with Crippen molar-refractivity contribution in [1.82, 2.24) is 5.32 Å². The summed E-state index contributed by atoms with van der Waals surface area (Å²) in [5, 5.41) is 12.5. The van der Waals surface area contributed by atoms with Crippen LogP contribution in [0.4, 0.5) is 4.79 Å². The molecule has 120 valence electrons. The minimum absolute atomic E-state index is 0.0675. The number of hydrogen-bond donors (Lipinski definition) is 2. The second-order valence-electron chi connectivity index (χ2n) is 4.74. The van der Waals surface area contributed by atoms with Crippen LogP contribution in [0.15, 0.2) is 54.6 Å². The number of para-hydroxylation sites is 1. The summed E-state index contributed by atoms with van der Waals surface area (Å²) in [5.74, 6) is 0.472. The highest BCUT2D eigenvalue weighted by Gasteiger charge is 2.04. The highest BCUT2D eigenvalue weighted by atomic mass is 16.5. The molecular weight excluding hydrogens is 294 g/mol. The topological polar surface area (TPSA) is 67.8 Å². The fourth-order valence-corrected chi connectivity index (χ4v) is 1.94. The summed E-state index contributed by atoms with van der Waals surface area (Å²) in [5.41, 5.74) is 1.54. The largest absolute Gasteiger partial charge is 0.504 e. The van der Waals surface area contributed by atoms with Gasteiger partial charge in [-0.3, -0.25) is 0 Å². The van der Waals surface area contributed by atoms with Crippen molar-refractivity contribution in [3.8, 4) is 11.5 Å². The van der Waals surface area contributed by atoms with Gasteiger partial charge in [0.1, 0.15) is 6.61 Å². The summed E-state index contributed by atoms with van der Waals surface area (Å²) < 4.78 is 10.1. The molecule has 0 aliphatic carbocycles. The van der Waals surface area contributed by atoms with Crippen LogP contribution in [0, 0.1) is 0 Å². The summed E-state index contributed by atoms with van der Waals surface area (Å²) in [7, 11) is 1.49. The molecule has 0 aromatic heterocycles. The molecule has 0 atom stereocenters. The van der Waals surface area contributed by atoms with Gasteiger partial charge in [-0.15, -0.1) is 0 Å². The Hall–Kier alpha value is -2.95. The predicted octanol–water partition coefficient (Wildman–Crippen LogP) is 3.34. The number of benzene rings is 2. The fourth-order valence-electron chi connectivity index (χ4n) is 1.94. The molecule has 0 aliphatic heterocycles. The highest BCUT2D eigenvalue weighted by molar-refractivity contribution is 5.68. The number of methoxy groups -OCH3 is 1. The number of phenolic OH excluding ortho intramolecular Hbond substituents is 1. The Morgan fingerprint density at radius 1 is 1.17 bits per heavy atom. The number of phenols is 1. The molecule has 23 heavy (non-hydrogen) atoms. The molecule has 5 heteroatoms. The van der Waals surface area contributed by atoms with Crippen molar-refractivity contribution in [2.45, 2.75) is 6.61 Å². The molecule has 0 bridgehead atoms. The molecule has 1 amide bonds. The number of carbonyl (C=O) groups excluding carboxylic acids is 1. The lowest BCUT2D eigenvalue weighted by molar-refractivity contribution is 0.141. The Morgan fingerprint density at radius 2 is 1.96 bits per heavy atom. The van der Waals surface area contributed by atoms with E-state index >= 15 is 0 Å². The van der Waals surface area contributed by atoms with E-state index in [-0.39, 0.29) is 12.4 Å². The van der Waals surface area contributed by atoms with Crippen LogP contribution >= 0.6 is 0 Å². The lowest BCUT2D eigenvalue weighted by atomic mass is 10.1. The second kappa shape index (κ2) is 8.48. The first-order chi connectivity index (χ1) is 11.2. The Kier molecular flexibility index (Phi) is 6.06. The molecule has 0 saturated carbocycles. The molecule has 0 heterocycles. The number of nitrogens with one attached hydrogen (secondary N) is 1. The van der Waals surface area contributed by atoms with Gasteiger partial charge >= 0.3 is 6.09 Å². The number of hydrogen-bond acceptors (Lipinski definition) is 4. The van der Waals surface area contributed by atoms with E-state index in [1.165, 1.54) is 7.11 Å². The zero-order chi connectivity index (χ0) is 16.5. The van der Waals surface area contributed by atoms with E-state index < -0.39 is 6.09 Å². The molecule has 2 aromatic carbocycles. The molecule has 2 N–H and O–H groups in total. The van der Waals surface area contributed by atoms with Crippen LogP contribution in [-0.4, -0.2) is 24.9 Å². The minimum Gasteiger partial charge on any atom is -0.504 e. The maximum atomic E-state index is 11.6. The van der Waals surface area contributed by atoms with E-state index in [1.807, 2.05) is 30.3 Å². The van der Waals surface area contributed by atoms with Gasteiger partial charge in [-0.1, -0.05) is 54.6 Å². The monoisotopic (exact) mass is 313 g/mol. The number of amides is 1. The lowest BCUT2D eigenvalue weighted by Crippen LogP contribution is -2.24. The van der Waals surface area contributed by atoms with Gasteiger partial charge in [-0.05, 0) is 11.6 Å². The van der Waals surface area contributed by atoms with Crippen LogP contribution < -0.4 is 10.1 Å². The van der Waals surface area contributed by atoms with Crippen LogP contribution in [0.3, 0.4) is 0 Å². The van der Waals surface area contributed by atoms with Crippen molar-refractivity contribution in [3.63, 3.8) is 0 Å². The molecule has 2 aromatic rings. The number of rotatable bonds is 6. The van der Waals surface area contributed by atoms with Gasteiger partial charge in [0, 0.05) is 12.1 Å². The van der Waals surface area contributed by atoms with Crippen molar-refractivity contribution in [1.29, 1.82) is 0 Å². The maximum Gasteiger partial charge on any atom is 0.407 e. The van der Waals surface area contributed by atoms with Gasteiger partial charge in [0.15, 0.2) is 11.5 Å². The van der Waals surface area contributed by atoms with E-state index in [1.54, 1.807) is 30.4 Å². The molecule has 0 fully saturated rings. The van der Waals surface area contributed by atoms with Crippen LogP contribution in [0.2, 0.25) is 0 Å². The van der Waals surface area contributed by atoms with E-state index in [2.05, 4.69) is 5.32 Å². The standard InChI is InChI=1S/C18H19NO4/c1-22-16-11-5-9-15(17(16)20)10-6-12-19-18(21)23-13-14-7-3-2-4-8-14/h2-11,20H,12-13H2,1H3,(H,19,21). The average Bonchev–Trinajstić information content (AvgIpc) is 2.59. The van der Waals surface area contributed by atoms with Gasteiger partial charge in [-0.25, -0.2) is 4.79 Å². The van der Waals surface area contributed by atoms with Gasteiger partial charge in [0.05, 0.1) is 7.11 Å². The van der Waals surface area contributed by atoms with Crippen LogP contribution in [-0.2, 0) is 11.3 Å². The van der Waals surface area contributed by atoms with E-state index in [0.717, 1.165) is 5.56 Å². The summed E-state index contributed by atoms with van der Waals surface area (Å²) in [4.78, 5) is 11.6. The summed E-state index contributed by atoms with van der Waals surface area (Å²) in [6, 6.07) is 14.7. The van der Waals surface area contributed by atoms with Crippen LogP contribution in [0.5, 0.6) is 11.5 Å². The van der Waals surface area contributed by atoms with Crippen molar-refractivity contribution >= 4 is 12.2 Å². The minimum atomic E-state index is -0.492. The van der Waals surface area contributed by atoms with Gasteiger partial charge in [0.2, 0.25) is 0 Å². The Morgan fingerprint density at radius 3 is 2.70 bits per heavy atom. The van der Waals surface area contributed by atoms with Crippen LogP contribution in [0.25, 0.3) is 6.08 Å². The summed E-state index contributed by atoms with van der Waals surface area (Å²) in [6.07, 6.45) is 2.93. The van der Waals surface area contributed by atoms with Gasteiger partial charge < -0.3 is 19.9 Å². The molecular formula is C18H19NO4. The van der Waals surface area contributed by atoms with Crippen LogP contribution in [0.1, 0.15) is 11.1 Å².